The Kier molecular flexibility index (Phi) is 7.63. The Morgan fingerprint density at radius 3 is 2.40 bits per heavy atom. The van der Waals surface area contributed by atoms with Gasteiger partial charge >= 0.3 is 0 Å². The Bertz CT molecular complexity index is 1530. The number of nitrogens with zero attached hydrogens (tertiary/aromatic N) is 7. The van der Waals surface area contributed by atoms with Crippen LogP contribution >= 0.6 is 0 Å². The van der Waals surface area contributed by atoms with Gasteiger partial charge in [-0.1, -0.05) is 39.8 Å². The second-order valence-corrected chi connectivity index (χ2v) is 12.0. The summed E-state index contributed by atoms with van der Waals surface area (Å²) in [6.45, 7) is 12.1. The first-order valence-electron chi connectivity index (χ1n) is 13.8. The van der Waals surface area contributed by atoms with Crippen molar-refractivity contribution in [2.24, 2.45) is 11.3 Å². The maximum absolute atomic E-state index is 12.6. The van der Waals surface area contributed by atoms with Crippen molar-refractivity contribution in [1.29, 1.82) is 5.26 Å². The maximum Gasteiger partial charge on any atom is 0.223 e. The quantitative estimate of drug-likeness (QED) is 0.372. The summed E-state index contributed by atoms with van der Waals surface area (Å²) >= 11 is 0. The van der Waals surface area contributed by atoms with E-state index in [4.69, 9.17) is 0 Å². The standard InChI is InChI=1S/C31H37N7O2/c1-22(21-39)18-37-19-26(17-33-37)24-13-28(30-25(15-32)16-34-38(30)20-24)23-5-7-27(8-6-23)35-9-11-36(12-10-35)29(40)14-31(2,3)4/h5-8,13,16-17,19-20,22,39H,9-12,14,18,21H2,1-4H3. The maximum atomic E-state index is 12.6. The van der Waals surface area contributed by atoms with Crippen LogP contribution in [0.3, 0.4) is 0 Å². The normalized spacial score (nSPS) is 14.9. The van der Waals surface area contributed by atoms with Crippen molar-refractivity contribution in [2.45, 2.75) is 40.7 Å². The van der Waals surface area contributed by atoms with Gasteiger partial charge in [0.25, 0.3) is 0 Å². The fourth-order valence-corrected chi connectivity index (χ4v) is 5.20. The number of benzene rings is 1. The predicted octanol–water partition coefficient (Wildman–Crippen LogP) is 4.45. The summed E-state index contributed by atoms with van der Waals surface area (Å²) in [5, 5.41) is 28.1. The third-order valence-corrected chi connectivity index (χ3v) is 7.37. The Morgan fingerprint density at radius 1 is 1.02 bits per heavy atom. The molecule has 3 aromatic heterocycles. The number of anilines is 1. The van der Waals surface area contributed by atoms with Gasteiger partial charge in [0.05, 0.1) is 23.5 Å². The Labute approximate surface area is 235 Å². The van der Waals surface area contributed by atoms with Crippen LogP contribution in [-0.4, -0.2) is 68.1 Å². The molecule has 1 amide bonds. The highest BCUT2D eigenvalue weighted by Crippen LogP contribution is 2.33. The first kappa shape index (κ1) is 27.4. The number of hydrogen-bond donors (Lipinski definition) is 1. The van der Waals surface area contributed by atoms with Crippen LogP contribution in [-0.2, 0) is 11.3 Å². The monoisotopic (exact) mass is 539 g/mol. The van der Waals surface area contributed by atoms with Crippen LogP contribution in [0.2, 0.25) is 0 Å². The average molecular weight is 540 g/mol. The number of carbonyl (C=O) groups excluding carboxylic acids is 1. The first-order chi connectivity index (χ1) is 19.1. The van der Waals surface area contributed by atoms with Crippen molar-refractivity contribution in [1.82, 2.24) is 24.3 Å². The zero-order valence-electron chi connectivity index (χ0n) is 23.7. The van der Waals surface area contributed by atoms with Crippen molar-refractivity contribution in [3.63, 3.8) is 0 Å². The Morgan fingerprint density at radius 2 is 1.75 bits per heavy atom. The minimum atomic E-state index is -0.00728. The lowest BCUT2D eigenvalue weighted by Gasteiger charge is -2.37. The number of amides is 1. The van der Waals surface area contributed by atoms with E-state index in [1.807, 2.05) is 35.1 Å². The van der Waals surface area contributed by atoms with Gasteiger partial charge in [-0.25, -0.2) is 4.52 Å². The van der Waals surface area contributed by atoms with Crippen molar-refractivity contribution >= 4 is 17.1 Å². The van der Waals surface area contributed by atoms with E-state index in [1.165, 1.54) is 0 Å². The zero-order chi connectivity index (χ0) is 28.4. The number of hydrogen-bond acceptors (Lipinski definition) is 6. The minimum absolute atomic E-state index is 0.00728. The van der Waals surface area contributed by atoms with Crippen molar-refractivity contribution in [3.05, 3.63) is 60.7 Å². The largest absolute Gasteiger partial charge is 0.396 e. The summed E-state index contributed by atoms with van der Waals surface area (Å²) in [6.07, 6.45) is 7.88. The molecule has 208 valence electrons. The average Bonchev–Trinajstić information content (AvgIpc) is 3.58. The molecule has 0 radical (unpaired) electrons. The highest BCUT2D eigenvalue weighted by Gasteiger charge is 2.25. The summed E-state index contributed by atoms with van der Waals surface area (Å²) < 4.78 is 3.60. The smallest absolute Gasteiger partial charge is 0.223 e. The first-order valence-corrected chi connectivity index (χ1v) is 13.8. The zero-order valence-corrected chi connectivity index (χ0v) is 23.7. The second kappa shape index (κ2) is 11.1. The minimum Gasteiger partial charge on any atom is -0.396 e. The number of aliphatic hydroxyl groups excluding tert-OH is 1. The van der Waals surface area contributed by atoms with Crippen molar-refractivity contribution in [2.75, 3.05) is 37.7 Å². The lowest BCUT2D eigenvalue weighted by molar-refractivity contribution is -0.133. The molecule has 1 saturated heterocycles. The number of pyridine rings is 1. The molecule has 1 aromatic carbocycles. The molecule has 1 aliphatic rings. The number of aliphatic hydroxyl groups is 1. The number of rotatable bonds is 7. The lowest BCUT2D eigenvalue weighted by Crippen LogP contribution is -2.49. The van der Waals surface area contributed by atoms with Gasteiger partial charge in [-0.3, -0.25) is 9.48 Å². The molecule has 40 heavy (non-hydrogen) atoms. The van der Waals surface area contributed by atoms with Gasteiger partial charge < -0.3 is 14.9 Å². The third kappa shape index (κ3) is 5.87. The Hall–Kier alpha value is -4.16. The van der Waals surface area contributed by atoms with E-state index < -0.39 is 0 Å². The molecule has 9 heteroatoms. The molecule has 1 N–H and O–H groups in total. The highest BCUT2D eigenvalue weighted by molar-refractivity contribution is 5.88. The van der Waals surface area contributed by atoms with E-state index in [2.05, 4.69) is 72.3 Å². The number of fused-ring (bicyclic) bond motifs is 1. The molecule has 1 atom stereocenters. The molecule has 4 aromatic rings. The van der Waals surface area contributed by atoms with Crippen LogP contribution in [0.15, 0.2) is 55.1 Å². The van der Waals surface area contributed by atoms with Crippen LogP contribution in [0, 0.1) is 22.7 Å². The van der Waals surface area contributed by atoms with Crippen molar-refractivity contribution < 1.29 is 9.90 Å². The van der Waals surface area contributed by atoms with Gasteiger partial charge in [0.15, 0.2) is 0 Å². The molecule has 0 aliphatic carbocycles. The molecular weight excluding hydrogens is 502 g/mol. The third-order valence-electron chi connectivity index (χ3n) is 7.37. The van der Waals surface area contributed by atoms with Crippen LogP contribution in [0.5, 0.6) is 0 Å². The number of nitriles is 1. The topological polar surface area (TPSA) is 103 Å². The molecule has 5 rings (SSSR count). The SMILES string of the molecule is CC(CO)Cn1cc(-c2cc(-c3ccc(N4CCN(C(=O)CC(C)(C)C)CC4)cc3)c3c(C#N)cnn3c2)cn1. The molecule has 0 spiro atoms. The summed E-state index contributed by atoms with van der Waals surface area (Å²) in [5.41, 5.74) is 6.20. The Balaban J connectivity index is 1.39. The van der Waals surface area contributed by atoms with Crippen LogP contribution in [0.25, 0.3) is 27.8 Å². The molecule has 0 bridgehead atoms. The molecule has 1 aliphatic heterocycles. The van der Waals surface area contributed by atoms with Crippen molar-refractivity contribution in [3.8, 4) is 28.3 Å². The predicted molar refractivity (Wildman–Crippen MR) is 156 cm³/mol. The van der Waals surface area contributed by atoms with Gasteiger partial charge in [-0.15, -0.1) is 0 Å². The summed E-state index contributed by atoms with van der Waals surface area (Å²) in [7, 11) is 0. The van der Waals surface area contributed by atoms with Gasteiger partial charge in [0.1, 0.15) is 6.07 Å². The number of aromatic nitrogens is 4. The van der Waals surface area contributed by atoms with E-state index in [0.29, 0.717) is 18.5 Å². The van der Waals surface area contributed by atoms with Gasteiger partial charge in [-0.05, 0) is 35.1 Å². The molecule has 1 unspecified atom stereocenters. The highest BCUT2D eigenvalue weighted by atomic mass is 16.3. The van der Waals surface area contributed by atoms with E-state index >= 15 is 0 Å². The van der Waals surface area contributed by atoms with Gasteiger partial charge in [0, 0.05) is 80.5 Å². The fraction of sp³-hybridized carbons (Fsp3) is 0.419. The number of carbonyl (C=O) groups is 1. The van der Waals surface area contributed by atoms with Crippen LogP contribution in [0.4, 0.5) is 5.69 Å². The van der Waals surface area contributed by atoms with E-state index in [1.54, 1.807) is 10.7 Å². The van der Waals surface area contributed by atoms with E-state index in [9.17, 15) is 15.2 Å². The van der Waals surface area contributed by atoms with Gasteiger partial charge in [-0.2, -0.15) is 15.5 Å². The molecule has 9 nitrogen and oxygen atoms in total. The summed E-state index contributed by atoms with van der Waals surface area (Å²) in [6, 6.07) is 12.8. The molecule has 4 heterocycles. The number of piperazine rings is 1. The molecule has 0 saturated carbocycles. The second-order valence-electron chi connectivity index (χ2n) is 12.0. The summed E-state index contributed by atoms with van der Waals surface area (Å²) in [4.78, 5) is 16.9. The van der Waals surface area contributed by atoms with Crippen LogP contribution in [0.1, 0.15) is 39.7 Å². The fourth-order valence-electron chi connectivity index (χ4n) is 5.20. The van der Waals surface area contributed by atoms with E-state index in [0.717, 1.165) is 59.6 Å². The molecule has 1 fully saturated rings. The summed E-state index contributed by atoms with van der Waals surface area (Å²) in [5.74, 6) is 0.342. The van der Waals surface area contributed by atoms with E-state index in [-0.39, 0.29) is 23.8 Å². The molecular formula is C31H37N7O2. The van der Waals surface area contributed by atoms with Crippen LogP contribution < -0.4 is 4.90 Å². The lowest BCUT2D eigenvalue weighted by atomic mass is 9.91. The van der Waals surface area contributed by atoms with Gasteiger partial charge in [0.2, 0.25) is 5.91 Å².